The Bertz CT molecular complexity index is 301. The van der Waals surface area contributed by atoms with E-state index in [1.165, 1.54) is 0 Å². The Balaban J connectivity index is 2.40. The molecule has 0 radical (unpaired) electrons. The highest BCUT2D eigenvalue weighted by atomic mass is 35.5. The molecule has 0 aliphatic carbocycles. The van der Waals surface area contributed by atoms with Crippen LogP contribution in [0.5, 0.6) is 0 Å². The van der Waals surface area contributed by atoms with Crippen LogP contribution in [-0.4, -0.2) is 36.8 Å². The van der Waals surface area contributed by atoms with Gasteiger partial charge in [-0.1, -0.05) is 23.7 Å². The Morgan fingerprint density at radius 1 is 1.40 bits per heavy atom. The van der Waals surface area contributed by atoms with Crippen molar-refractivity contribution < 1.29 is 5.11 Å². The minimum Gasteiger partial charge on any atom is -0.393 e. The second kappa shape index (κ2) is 6.11. The van der Waals surface area contributed by atoms with E-state index < -0.39 is 0 Å². The van der Waals surface area contributed by atoms with Gasteiger partial charge in [0.15, 0.2) is 0 Å². The van der Waals surface area contributed by atoms with Gasteiger partial charge in [0.2, 0.25) is 0 Å². The van der Waals surface area contributed by atoms with Crippen molar-refractivity contribution in [1.29, 1.82) is 0 Å². The summed E-state index contributed by atoms with van der Waals surface area (Å²) >= 11 is 5.87. The maximum atomic E-state index is 9.77. The van der Waals surface area contributed by atoms with Crippen LogP contribution < -0.4 is 0 Å². The third-order valence-corrected chi connectivity index (χ3v) is 2.50. The smallest absolute Gasteiger partial charge is 0.0592 e. The molecule has 0 heterocycles. The van der Waals surface area contributed by atoms with Crippen molar-refractivity contribution in [1.82, 2.24) is 4.90 Å². The molecule has 2 nitrogen and oxygen atoms in total. The summed E-state index contributed by atoms with van der Waals surface area (Å²) in [5, 5.41) is 10.5. The molecule has 0 fully saturated rings. The first-order valence-corrected chi connectivity index (χ1v) is 5.53. The molecule has 84 valence electrons. The van der Waals surface area contributed by atoms with E-state index in [4.69, 9.17) is 11.6 Å². The number of aliphatic hydroxyl groups is 1. The maximum Gasteiger partial charge on any atom is 0.0592 e. The van der Waals surface area contributed by atoms with Crippen LogP contribution in [0.2, 0.25) is 5.02 Å². The van der Waals surface area contributed by atoms with E-state index in [2.05, 4.69) is 4.90 Å². The van der Waals surface area contributed by atoms with Gasteiger partial charge in [0, 0.05) is 5.02 Å². The summed E-state index contributed by atoms with van der Waals surface area (Å²) in [5.74, 6) is 0. The monoisotopic (exact) mass is 227 g/mol. The predicted octanol–water partition coefficient (Wildman–Crippen LogP) is 2.20. The summed E-state index contributed by atoms with van der Waals surface area (Å²) in [5.41, 5.74) is 1.09. The molecule has 0 aromatic heterocycles. The maximum absolute atomic E-state index is 9.77. The molecule has 0 amide bonds. The molecule has 0 saturated heterocycles. The summed E-state index contributed by atoms with van der Waals surface area (Å²) in [6, 6.07) is 7.65. The average molecular weight is 228 g/mol. The minimum absolute atomic E-state index is 0.286. The van der Waals surface area contributed by atoms with E-state index in [0.29, 0.717) is 6.42 Å². The van der Waals surface area contributed by atoms with E-state index in [1.54, 1.807) is 0 Å². The van der Waals surface area contributed by atoms with Gasteiger partial charge in [0.25, 0.3) is 0 Å². The number of aliphatic hydroxyl groups excluding tert-OH is 1. The first-order valence-electron chi connectivity index (χ1n) is 5.15. The topological polar surface area (TPSA) is 23.5 Å². The van der Waals surface area contributed by atoms with Gasteiger partial charge in [-0.3, -0.25) is 0 Å². The van der Waals surface area contributed by atoms with Gasteiger partial charge in [-0.2, -0.15) is 0 Å². The summed E-state index contributed by atoms with van der Waals surface area (Å²) in [7, 11) is 4.01. The van der Waals surface area contributed by atoms with Crippen LogP contribution in [-0.2, 0) is 6.42 Å². The lowest BCUT2D eigenvalue weighted by molar-refractivity contribution is 0.152. The number of benzene rings is 1. The van der Waals surface area contributed by atoms with Gasteiger partial charge in [0.1, 0.15) is 0 Å². The van der Waals surface area contributed by atoms with E-state index in [-0.39, 0.29) is 6.10 Å². The molecule has 0 saturated carbocycles. The molecule has 0 bridgehead atoms. The summed E-state index contributed by atoms with van der Waals surface area (Å²) in [4.78, 5) is 2.07. The number of nitrogens with zero attached hydrogens (tertiary/aromatic N) is 1. The van der Waals surface area contributed by atoms with Crippen molar-refractivity contribution in [2.75, 3.05) is 20.6 Å². The quantitative estimate of drug-likeness (QED) is 0.834. The number of hydrogen-bond donors (Lipinski definition) is 1. The van der Waals surface area contributed by atoms with Crippen LogP contribution in [0.1, 0.15) is 12.0 Å². The van der Waals surface area contributed by atoms with Crippen LogP contribution >= 0.6 is 11.6 Å². The largest absolute Gasteiger partial charge is 0.393 e. The van der Waals surface area contributed by atoms with Gasteiger partial charge in [-0.15, -0.1) is 0 Å². The van der Waals surface area contributed by atoms with Crippen molar-refractivity contribution in [2.24, 2.45) is 0 Å². The predicted molar refractivity (Wildman–Crippen MR) is 64.3 cm³/mol. The zero-order valence-electron chi connectivity index (χ0n) is 9.28. The van der Waals surface area contributed by atoms with Gasteiger partial charge in [-0.25, -0.2) is 0 Å². The Morgan fingerprint density at radius 3 is 2.73 bits per heavy atom. The lowest BCUT2D eigenvalue weighted by Crippen LogP contribution is -2.20. The molecule has 1 rings (SSSR count). The number of halogens is 1. The fourth-order valence-corrected chi connectivity index (χ4v) is 1.66. The van der Waals surface area contributed by atoms with Crippen LogP contribution in [0.25, 0.3) is 0 Å². The highest BCUT2D eigenvalue weighted by Crippen LogP contribution is 2.13. The van der Waals surface area contributed by atoms with Crippen LogP contribution in [0.4, 0.5) is 0 Å². The molecule has 1 N–H and O–H groups in total. The molecule has 1 atom stereocenters. The molecule has 0 spiro atoms. The Morgan fingerprint density at radius 2 is 2.13 bits per heavy atom. The molecular formula is C12H18ClNO. The van der Waals surface area contributed by atoms with Crippen LogP contribution in [0.15, 0.2) is 24.3 Å². The zero-order valence-corrected chi connectivity index (χ0v) is 10.0. The van der Waals surface area contributed by atoms with Gasteiger partial charge in [0.05, 0.1) is 6.10 Å². The summed E-state index contributed by atoms with van der Waals surface area (Å²) < 4.78 is 0. The molecule has 0 aliphatic rings. The molecular weight excluding hydrogens is 210 g/mol. The van der Waals surface area contributed by atoms with Crippen LogP contribution in [0, 0.1) is 0 Å². The van der Waals surface area contributed by atoms with E-state index >= 15 is 0 Å². The highest BCUT2D eigenvalue weighted by Gasteiger charge is 2.06. The highest BCUT2D eigenvalue weighted by molar-refractivity contribution is 6.30. The SMILES string of the molecule is CN(C)CCC(O)Cc1cccc(Cl)c1. The molecule has 1 unspecified atom stereocenters. The lowest BCUT2D eigenvalue weighted by Gasteiger charge is -2.14. The molecule has 0 aliphatic heterocycles. The Labute approximate surface area is 96.5 Å². The van der Waals surface area contributed by atoms with Gasteiger partial charge >= 0.3 is 0 Å². The fraction of sp³-hybridized carbons (Fsp3) is 0.500. The van der Waals surface area contributed by atoms with Gasteiger partial charge < -0.3 is 10.0 Å². The lowest BCUT2D eigenvalue weighted by atomic mass is 10.1. The third-order valence-electron chi connectivity index (χ3n) is 2.27. The standard InChI is InChI=1S/C12H18ClNO/c1-14(2)7-6-12(15)9-10-4-3-5-11(13)8-10/h3-5,8,12,15H,6-7,9H2,1-2H3. The Kier molecular flexibility index (Phi) is 5.09. The van der Waals surface area contributed by atoms with Gasteiger partial charge in [-0.05, 0) is 51.2 Å². The van der Waals surface area contributed by atoms with Crippen molar-refractivity contribution in [3.05, 3.63) is 34.9 Å². The normalized spacial score (nSPS) is 13.1. The van der Waals surface area contributed by atoms with Crippen molar-refractivity contribution in [3.8, 4) is 0 Å². The van der Waals surface area contributed by atoms with Crippen LogP contribution in [0.3, 0.4) is 0 Å². The van der Waals surface area contributed by atoms with Crippen molar-refractivity contribution in [2.45, 2.75) is 18.9 Å². The second-order valence-electron chi connectivity index (χ2n) is 4.08. The second-order valence-corrected chi connectivity index (χ2v) is 4.52. The van der Waals surface area contributed by atoms with E-state index in [0.717, 1.165) is 23.6 Å². The van der Waals surface area contributed by atoms with Crippen molar-refractivity contribution >= 4 is 11.6 Å². The summed E-state index contributed by atoms with van der Waals surface area (Å²) in [6.07, 6.45) is 1.18. The molecule has 1 aromatic carbocycles. The average Bonchev–Trinajstić information content (AvgIpc) is 2.15. The number of rotatable bonds is 5. The Hall–Kier alpha value is -0.570. The zero-order chi connectivity index (χ0) is 11.3. The fourth-order valence-electron chi connectivity index (χ4n) is 1.45. The molecule has 1 aromatic rings. The van der Waals surface area contributed by atoms with E-state index in [1.807, 2.05) is 38.4 Å². The minimum atomic E-state index is -0.286. The third kappa shape index (κ3) is 5.17. The van der Waals surface area contributed by atoms with Crippen molar-refractivity contribution in [3.63, 3.8) is 0 Å². The first-order chi connectivity index (χ1) is 7.08. The molecule has 3 heteroatoms. The number of hydrogen-bond acceptors (Lipinski definition) is 2. The van der Waals surface area contributed by atoms with E-state index in [9.17, 15) is 5.11 Å². The molecule has 15 heavy (non-hydrogen) atoms. The first kappa shape index (κ1) is 12.5. The summed E-state index contributed by atoms with van der Waals surface area (Å²) in [6.45, 7) is 0.904.